The van der Waals surface area contributed by atoms with Crippen LogP contribution in [0.3, 0.4) is 0 Å². The zero-order chi connectivity index (χ0) is 15.6. The molecule has 0 atom stereocenters. The van der Waals surface area contributed by atoms with Gasteiger partial charge in [-0.2, -0.15) is 0 Å². The number of likely N-dealkylation sites (tertiary alicyclic amines) is 1. The van der Waals surface area contributed by atoms with E-state index in [0.29, 0.717) is 11.8 Å². The number of rotatable bonds is 3. The number of hydrogen-bond donors (Lipinski definition) is 1. The van der Waals surface area contributed by atoms with Crippen LogP contribution in [-0.4, -0.2) is 45.2 Å². The number of nitrogens with one attached hydrogen (secondary N) is 1. The molecule has 4 rings (SSSR count). The van der Waals surface area contributed by atoms with Gasteiger partial charge in [0.25, 0.3) is 0 Å². The average Bonchev–Trinajstić information content (AvgIpc) is 2.97. The summed E-state index contributed by atoms with van der Waals surface area (Å²) in [5.41, 5.74) is 0.892. The zero-order valence-electron chi connectivity index (χ0n) is 13.3. The van der Waals surface area contributed by atoms with Gasteiger partial charge in [0.1, 0.15) is 5.82 Å². The van der Waals surface area contributed by atoms with Crippen LogP contribution in [0.15, 0.2) is 24.4 Å². The van der Waals surface area contributed by atoms with E-state index in [1.807, 2.05) is 29.3 Å². The van der Waals surface area contributed by atoms with Crippen molar-refractivity contribution in [3.8, 4) is 0 Å². The van der Waals surface area contributed by atoms with E-state index in [9.17, 15) is 4.79 Å². The summed E-state index contributed by atoms with van der Waals surface area (Å²) in [6.07, 6.45) is 7.77. The van der Waals surface area contributed by atoms with E-state index in [4.69, 9.17) is 0 Å². The minimum Gasteiger partial charge on any atom is -0.338 e. The number of aromatic nitrogens is 3. The number of nitrogens with zero attached hydrogens (tertiary/aromatic N) is 4. The topological polar surface area (TPSA) is 62.5 Å². The van der Waals surface area contributed by atoms with Crippen LogP contribution in [0.5, 0.6) is 0 Å². The lowest BCUT2D eigenvalue weighted by Crippen LogP contribution is -2.46. The predicted molar refractivity (Wildman–Crippen MR) is 87.3 cm³/mol. The number of carbonyl (C=O) groups excluding carboxylic acids is 1. The highest BCUT2D eigenvalue weighted by atomic mass is 16.2. The van der Waals surface area contributed by atoms with E-state index < -0.39 is 0 Å². The normalized spacial score (nSPS) is 19.7. The monoisotopic (exact) mass is 313 g/mol. The lowest BCUT2D eigenvalue weighted by molar-refractivity contribution is 0.175. The molecular weight excluding hydrogens is 290 g/mol. The fourth-order valence-electron chi connectivity index (χ4n) is 3.52. The first-order valence-electron chi connectivity index (χ1n) is 8.63. The van der Waals surface area contributed by atoms with Crippen molar-refractivity contribution in [2.24, 2.45) is 5.92 Å². The molecule has 1 aliphatic carbocycles. The Morgan fingerprint density at radius 3 is 2.74 bits per heavy atom. The molecule has 0 spiro atoms. The van der Waals surface area contributed by atoms with Crippen molar-refractivity contribution in [3.05, 3.63) is 30.2 Å². The second-order valence-electron chi connectivity index (χ2n) is 6.73. The molecule has 2 amide bonds. The Kier molecular flexibility index (Phi) is 3.89. The quantitative estimate of drug-likeness (QED) is 0.946. The van der Waals surface area contributed by atoms with Crippen molar-refractivity contribution in [2.45, 2.75) is 38.0 Å². The molecule has 122 valence electrons. The Hall–Kier alpha value is -2.11. The van der Waals surface area contributed by atoms with Crippen molar-refractivity contribution in [2.75, 3.05) is 19.6 Å². The Bertz CT molecular complexity index is 685. The van der Waals surface area contributed by atoms with Gasteiger partial charge in [0, 0.05) is 31.7 Å². The third kappa shape index (κ3) is 2.90. The van der Waals surface area contributed by atoms with Crippen LogP contribution < -0.4 is 5.32 Å². The zero-order valence-corrected chi connectivity index (χ0v) is 13.3. The van der Waals surface area contributed by atoms with E-state index in [2.05, 4.69) is 19.9 Å². The van der Waals surface area contributed by atoms with Gasteiger partial charge in [-0.05, 0) is 43.7 Å². The maximum absolute atomic E-state index is 12.2. The Balaban J connectivity index is 1.34. The van der Waals surface area contributed by atoms with Gasteiger partial charge < -0.3 is 10.2 Å². The van der Waals surface area contributed by atoms with Gasteiger partial charge in [0.15, 0.2) is 5.65 Å². The lowest BCUT2D eigenvalue weighted by atomic mass is 9.85. The molecule has 0 unspecified atom stereocenters. The lowest BCUT2D eigenvalue weighted by Gasteiger charge is -2.32. The summed E-state index contributed by atoms with van der Waals surface area (Å²) in [5, 5.41) is 11.7. The third-order valence-corrected chi connectivity index (χ3v) is 5.25. The summed E-state index contributed by atoms with van der Waals surface area (Å²) < 4.78 is 2.07. The summed E-state index contributed by atoms with van der Waals surface area (Å²) in [6, 6.07) is 6.05. The van der Waals surface area contributed by atoms with E-state index >= 15 is 0 Å². The molecule has 3 heterocycles. The molecule has 1 N–H and O–H groups in total. The minimum absolute atomic E-state index is 0.0986. The molecule has 2 aromatic heterocycles. The smallest absolute Gasteiger partial charge is 0.317 e. The number of fused-ring (bicyclic) bond motifs is 1. The maximum atomic E-state index is 12.2. The van der Waals surface area contributed by atoms with Gasteiger partial charge in [0.05, 0.1) is 0 Å². The van der Waals surface area contributed by atoms with Crippen LogP contribution in [0.2, 0.25) is 0 Å². The Morgan fingerprint density at radius 1 is 1.17 bits per heavy atom. The minimum atomic E-state index is 0.0986. The summed E-state index contributed by atoms with van der Waals surface area (Å²) in [4.78, 5) is 14.2. The van der Waals surface area contributed by atoms with Gasteiger partial charge >= 0.3 is 6.03 Å². The second-order valence-corrected chi connectivity index (χ2v) is 6.73. The molecule has 2 aliphatic rings. The van der Waals surface area contributed by atoms with E-state index in [0.717, 1.165) is 43.9 Å². The number of urea groups is 1. The van der Waals surface area contributed by atoms with Crippen LogP contribution in [0, 0.1) is 5.92 Å². The van der Waals surface area contributed by atoms with Crippen molar-refractivity contribution in [1.82, 2.24) is 24.8 Å². The number of pyridine rings is 1. The fraction of sp³-hybridized carbons (Fsp3) is 0.588. The van der Waals surface area contributed by atoms with Gasteiger partial charge in [-0.25, -0.2) is 4.79 Å². The van der Waals surface area contributed by atoms with Gasteiger partial charge in [-0.3, -0.25) is 4.40 Å². The van der Waals surface area contributed by atoms with Crippen LogP contribution in [0.25, 0.3) is 5.65 Å². The molecule has 1 saturated carbocycles. The first-order chi connectivity index (χ1) is 11.3. The first kappa shape index (κ1) is 14.5. The molecule has 0 aromatic carbocycles. The standard InChI is InChI=1S/C17H23N5O/c23-17(18-12-13-4-3-5-13)21-10-7-14(8-11-21)16-20-19-15-6-1-2-9-22(15)16/h1-2,6,9,13-14H,3-5,7-8,10-12H2,(H,18,23). The van der Waals surface area contributed by atoms with E-state index in [-0.39, 0.29) is 6.03 Å². The molecule has 2 aromatic rings. The third-order valence-electron chi connectivity index (χ3n) is 5.25. The largest absolute Gasteiger partial charge is 0.338 e. The molecule has 6 heteroatoms. The summed E-state index contributed by atoms with van der Waals surface area (Å²) >= 11 is 0. The molecule has 0 radical (unpaired) electrons. The number of amides is 2. The molecule has 0 bridgehead atoms. The Labute approximate surface area is 135 Å². The van der Waals surface area contributed by atoms with Crippen LogP contribution in [0.4, 0.5) is 4.79 Å². The number of carbonyl (C=O) groups is 1. The van der Waals surface area contributed by atoms with E-state index in [1.165, 1.54) is 19.3 Å². The fourth-order valence-corrected chi connectivity index (χ4v) is 3.52. The summed E-state index contributed by atoms with van der Waals surface area (Å²) in [5.74, 6) is 2.11. The highest BCUT2D eigenvalue weighted by Gasteiger charge is 2.27. The second kappa shape index (κ2) is 6.18. The maximum Gasteiger partial charge on any atom is 0.317 e. The average molecular weight is 313 g/mol. The first-order valence-corrected chi connectivity index (χ1v) is 8.63. The van der Waals surface area contributed by atoms with Crippen molar-refractivity contribution < 1.29 is 4.79 Å². The molecule has 1 saturated heterocycles. The SMILES string of the molecule is O=C(NCC1CCC1)N1CCC(c2nnc3ccccn23)CC1. The van der Waals surface area contributed by atoms with E-state index in [1.54, 1.807) is 0 Å². The molecule has 2 fully saturated rings. The number of hydrogen-bond acceptors (Lipinski definition) is 3. The summed E-state index contributed by atoms with van der Waals surface area (Å²) in [7, 11) is 0. The highest BCUT2D eigenvalue weighted by Crippen LogP contribution is 2.28. The van der Waals surface area contributed by atoms with Crippen molar-refractivity contribution in [1.29, 1.82) is 0 Å². The summed E-state index contributed by atoms with van der Waals surface area (Å²) in [6.45, 7) is 2.43. The van der Waals surface area contributed by atoms with Crippen LogP contribution in [0.1, 0.15) is 43.8 Å². The van der Waals surface area contributed by atoms with Gasteiger partial charge in [0.2, 0.25) is 0 Å². The molecular formula is C17H23N5O. The Morgan fingerprint density at radius 2 is 2.00 bits per heavy atom. The molecule has 1 aliphatic heterocycles. The molecule has 23 heavy (non-hydrogen) atoms. The van der Waals surface area contributed by atoms with Crippen molar-refractivity contribution in [3.63, 3.8) is 0 Å². The van der Waals surface area contributed by atoms with Crippen LogP contribution in [-0.2, 0) is 0 Å². The number of piperidine rings is 1. The highest BCUT2D eigenvalue weighted by molar-refractivity contribution is 5.74. The van der Waals surface area contributed by atoms with Gasteiger partial charge in [-0.1, -0.05) is 12.5 Å². The van der Waals surface area contributed by atoms with Crippen LogP contribution >= 0.6 is 0 Å². The predicted octanol–water partition coefficient (Wildman–Crippen LogP) is 2.42. The molecule has 6 nitrogen and oxygen atoms in total. The van der Waals surface area contributed by atoms with Gasteiger partial charge in [-0.15, -0.1) is 10.2 Å². The van der Waals surface area contributed by atoms with Crippen molar-refractivity contribution >= 4 is 11.7 Å².